The van der Waals surface area contributed by atoms with Crippen molar-refractivity contribution in [3.8, 4) is 5.75 Å². The number of benzene rings is 1. The second-order valence-corrected chi connectivity index (χ2v) is 5.03. The molecule has 0 spiro atoms. The Labute approximate surface area is 109 Å². The summed E-state index contributed by atoms with van der Waals surface area (Å²) < 4.78 is 18.8. The van der Waals surface area contributed by atoms with Crippen molar-refractivity contribution in [2.45, 2.75) is 44.1 Å². The first kappa shape index (κ1) is 13.3. The molecule has 1 fully saturated rings. The molecule has 100 valence electrons. The van der Waals surface area contributed by atoms with Gasteiger partial charge in [-0.15, -0.1) is 0 Å². The van der Waals surface area contributed by atoms with Gasteiger partial charge in [0.15, 0.2) is 11.6 Å². The first-order valence-corrected chi connectivity index (χ1v) is 6.77. The van der Waals surface area contributed by atoms with Crippen molar-refractivity contribution in [3.05, 3.63) is 29.6 Å². The third kappa shape index (κ3) is 2.83. The van der Waals surface area contributed by atoms with Crippen LogP contribution < -0.4 is 10.1 Å². The van der Waals surface area contributed by atoms with E-state index in [2.05, 4.69) is 5.32 Å². The van der Waals surface area contributed by atoms with Crippen molar-refractivity contribution in [2.24, 2.45) is 0 Å². The largest absolute Gasteiger partial charge is 0.494 e. The van der Waals surface area contributed by atoms with E-state index in [4.69, 9.17) is 4.74 Å². The summed E-state index contributed by atoms with van der Waals surface area (Å²) in [7, 11) is 3.50. The summed E-state index contributed by atoms with van der Waals surface area (Å²) in [5.74, 6) is 0.486. The monoisotopic (exact) mass is 251 g/mol. The smallest absolute Gasteiger partial charge is 0.165 e. The van der Waals surface area contributed by atoms with E-state index >= 15 is 0 Å². The van der Waals surface area contributed by atoms with Crippen molar-refractivity contribution >= 4 is 0 Å². The fourth-order valence-electron chi connectivity index (χ4n) is 2.97. The standard InChI is InChI=1S/C15H22FNO/c1-17-14-7-5-3-4-6-12(14)11-8-9-15(18-2)13(16)10-11/h8-10,12,14,17H,3-7H2,1-2H3. The highest BCUT2D eigenvalue weighted by Crippen LogP contribution is 2.33. The Balaban J connectivity index is 2.24. The van der Waals surface area contributed by atoms with Crippen LogP contribution in [0.15, 0.2) is 18.2 Å². The quantitative estimate of drug-likeness (QED) is 0.831. The van der Waals surface area contributed by atoms with Gasteiger partial charge in [-0.25, -0.2) is 4.39 Å². The molecule has 0 aliphatic heterocycles. The maximum Gasteiger partial charge on any atom is 0.165 e. The molecule has 0 amide bonds. The molecule has 0 saturated heterocycles. The van der Waals surface area contributed by atoms with E-state index < -0.39 is 0 Å². The molecule has 1 saturated carbocycles. The van der Waals surface area contributed by atoms with Crippen LogP contribution in [0.1, 0.15) is 43.6 Å². The molecular formula is C15H22FNO. The van der Waals surface area contributed by atoms with Gasteiger partial charge in [0.05, 0.1) is 7.11 Å². The molecule has 1 N–H and O–H groups in total. The van der Waals surface area contributed by atoms with Crippen LogP contribution >= 0.6 is 0 Å². The molecule has 1 aliphatic rings. The minimum Gasteiger partial charge on any atom is -0.494 e. The van der Waals surface area contributed by atoms with Crippen LogP contribution in [0.3, 0.4) is 0 Å². The van der Waals surface area contributed by atoms with E-state index in [1.54, 1.807) is 12.1 Å². The van der Waals surface area contributed by atoms with Gasteiger partial charge in [-0.3, -0.25) is 0 Å². The summed E-state index contributed by atoms with van der Waals surface area (Å²) in [4.78, 5) is 0. The molecule has 0 heterocycles. The lowest BCUT2D eigenvalue weighted by molar-refractivity contribution is 0.384. The molecule has 2 unspecified atom stereocenters. The SMILES string of the molecule is CNC1CCCCCC1c1ccc(OC)c(F)c1. The number of likely N-dealkylation sites (N-methyl/N-ethyl adjacent to an activating group) is 1. The fraction of sp³-hybridized carbons (Fsp3) is 0.600. The number of methoxy groups -OCH3 is 1. The lowest BCUT2D eigenvalue weighted by Crippen LogP contribution is -2.31. The summed E-state index contributed by atoms with van der Waals surface area (Å²) in [6.45, 7) is 0. The second-order valence-electron chi connectivity index (χ2n) is 5.03. The molecule has 0 radical (unpaired) electrons. The van der Waals surface area contributed by atoms with Crippen LogP contribution in [-0.2, 0) is 0 Å². The molecule has 18 heavy (non-hydrogen) atoms. The van der Waals surface area contributed by atoms with Gasteiger partial charge in [-0.2, -0.15) is 0 Å². The predicted octanol–water partition coefficient (Wildman–Crippen LogP) is 3.47. The zero-order valence-corrected chi connectivity index (χ0v) is 11.2. The van der Waals surface area contributed by atoms with Gasteiger partial charge in [0.1, 0.15) is 0 Å². The maximum absolute atomic E-state index is 13.8. The number of nitrogens with one attached hydrogen (secondary N) is 1. The van der Waals surface area contributed by atoms with E-state index in [1.165, 1.54) is 32.8 Å². The van der Waals surface area contributed by atoms with E-state index in [9.17, 15) is 4.39 Å². The molecule has 3 heteroatoms. The van der Waals surface area contributed by atoms with Gasteiger partial charge < -0.3 is 10.1 Å². The highest BCUT2D eigenvalue weighted by atomic mass is 19.1. The molecule has 1 aromatic rings. The third-order valence-corrected chi connectivity index (χ3v) is 3.99. The Kier molecular flexibility index (Phi) is 4.59. The summed E-state index contributed by atoms with van der Waals surface area (Å²) in [6, 6.07) is 5.84. The Hall–Kier alpha value is -1.09. The van der Waals surface area contributed by atoms with Crippen molar-refractivity contribution < 1.29 is 9.13 Å². The van der Waals surface area contributed by atoms with Gasteiger partial charge in [0.25, 0.3) is 0 Å². The van der Waals surface area contributed by atoms with Gasteiger partial charge in [-0.1, -0.05) is 25.3 Å². The Morgan fingerprint density at radius 1 is 1.22 bits per heavy atom. The molecule has 2 rings (SSSR count). The van der Waals surface area contributed by atoms with Crippen molar-refractivity contribution in [1.82, 2.24) is 5.32 Å². The summed E-state index contributed by atoms with van der Waals surface area (Å²) in [6.07, 6.45) is 6.09. The zero-order chi connectivity index (χ0) is 13.0. The molecule has 2 atom stereocenters. The summed E-state index contributed by atoms with van der Waals surface area (Å²) in [5.41, 5.74) is 1.09. The molecule has 0 aromatic heterocycles. The summed E-state index contributed by atoms with van der Waals surface area (Å²) >= 11 is 0. The Morgan fingerprint density at radius 3 is 2.67 bits per heavy atom. The van der Waals surface area contributed by atoms with Crippen LogP contribution in [-0.4, -0.2) is 20.2 Å². The topological polar surface area (TPSA) is 21.3 Å². The minimum atomic E-state index is -0.255. The average Bonchev–Trinajstić information content (AvgIpc) is 2.63. The number of halogens is 1. The van der Waals surface area contributed by atoms with Gasteiger partial charge in [0.2, 0.25) is 0 Å². The van der Waals surface area contributed by atoms with Crippen molar-refractivity contribution in [3.63, 3.8) is 0 Å². The lowest BCUT2D eigenvalue weighted by atomic mass is 9.87. The van der Waals surface area contributed by atoms with E-state index in [0.29, 0.717) is 17.7 Å². The molecule has 1 aromatic carbocycles. The van der Waals surface area contributed by atoms with Gasteiger partial charge in [-0.05, 0) is 43.5 Å². The molecular weight excluding hydrogens is 229 g/mol. The van der Waals surface area contributed by atoms with E-state index in [-0.39, 0.29) is 5.82 Å². The first-order valence-electron chi connectivity index (χ1n) is 6.77. The first-order chi connectivity index (χ1) is 8.76. The van der Waals surface area contributed by atoms with Gasteiger partial charge >= 0.3 is 0 Å². The van der Waals surface area contributed by atoms with Crippen molar-refractivity contribution in [1.29, 1.82) is 0 Å². The lowest BCUT2D eigenvalue weighted by Gasteiger charge is -2.25. The van der Waals surface area contributed by atoms with Crippen molar-refractivity contribution in [2.75, 3.05) is 14.2 Å². The normalized spacial score (nSPS) is 24.6. The zero-order valence-electron chi connectivity index (χ0n) is 11.2. The highest BCUT2D eigenvalue weighted by Gasteiger charge is 2.24. The van der Waals surface area contributed by atoms with Crippen LogP contribution in [0.4, 0.5) is 4.39 Å². The highest BCUT2D eigenvalue weighted by molar-refractivity contribution is 5.32. The van der Waals surface area contributed by atoms with Gasteiger partial charge in [0, 0.05) is 6.04 Å². The van der Waals surface area contributed by atoms with E-state index in [0.717, 1.165) is 12.0 Å². The minimum absolute atomic E-state index is 0.255. The second kappa shape index (κ2) is 6.19. The average molecular weight is 251 g/mol. The Bertz CT molecular complexity index is 394. The number of hydrogen-bond donors (Lipinski definition) is 1. The number of ether oxygens (including phenoxy) is 1. The molecule has 0 bridgehead atoms. The van der Waals surface area contributed by atoms with Crippen LogP contribution in [0, 0.1) is 5.82 Å². The van der Waals surface area contributed by atoms with Crippen LogP contribution in [0.5, 0.6) is 5.75 Å². The third-order valence-electron chi connectivity index (χ3n) is 3.99. The van der Waals surface area contributed by atoms with Crippen LogP contribution in [0.2, 0.25) is 0 Å². The predicted molar refractivity (Wildman–Crippen MR) is 71.6 cm³/mol. The number of hydrogen-bond acceptors (Lipinski definition) is 2. The fourth-order valence-corrected chi connectivity index (χ4v) is 2.97. The molecule has 1 aliphatic carbocycles. The maximum atomic E-state index is 13.8. The Morgan fingerprint density at radius 2 is 2.00 bits per heavy atom. The molecule has 2 nitrogen and oxygen atoms in total. The number of rotatable bonds is 3. The summed E-state index contributed by atoms with van der Waals surface area (Å²) in [5, 5.41) is 3.39. The van der Waals surface area contributed by atoms with E-state index in [1.807, 2.05) is 13.1 Å². The van der Waals surface area contributed by atoms with Crippen LogP contribution in [0.25, 0.3) is 0 Å².